The number of phenolic OH excluding ortho intramolecular Hbond substituents is 1. The van der Waals surface area contributed by atoms with Crippen LogP contribution in [0.5, 0.6) is 5.75 Å². The van der Waals surface area contributed by atoms with Gasteiger partial charge in [0.2, 0.25) is 0 Å². The van der Waals surface area contributed by atoms with E-state index in [0.29, 0.717) is 11.3 Å². The Morgan fingerprint density at radius 2 is 1.85 bits per heavy atom. The molecule has 0 saturated carbocycles. The summed E-state index contributed by atoms with van der Waals surface area (Å²) in [7, 11) is 0. The molecule has 0 heterocycles. The van der Waals surface area contributed by atoms with Crippen molar-refractivity contribution in [3.05, 3.63) is 59.2 Å². The van der Waals surface area contributed by atoms with Crippen molar-refractivity contribution in [1.29, 1.82) is 0 Å². The molecular formula is C14H11F2NO3. The normalized spacial score (nSPS) is 10.3. The summed E-state index contributed by atoms with van der Waals surface area (Å²) in [4.78, 5) is 10.8. The topological polar surface area (TPSA) is 69.6 Å². The Balaban J connectivity index is 2.12. The summed E-state index contributed by atoms with van der Waals surface area (Å²) in [6, 6.07) is 7.49. The SMILES string of the molecule is O=C(O)c1cc(NCc2ccc(O)c(F)c2)ccc1F. The smallest absolute Gasteiger partial charge is 0.338 e. The number of halogens is 2. The zero-order chi connectivity index (χ0) is 14.7. The van der Waals surface area contributed by atoms with E-state index in [2.05, 4.69) is 5.32 Å². The Labute approximate surface area is 113 Å². The van der Waals surface area contributed by atoms with Crippen molar-refractivity contribution in [3.8, 4) is 5.75 Å². The van der Waals surface area contributed by atoms with Crippen LogP contribution in [-0.2, 0) is 6.54 Å². The summed E-state index contributed by atoms with van der Waals surface area (Å²) in [5.41, 5.74) is 0.519. The van der Waals surface area contributed by atoms with E-state index >= 15 is 0 Å². The van der Waals surface area contributed by atoms with Crippen molar-refractivity contribution >= 4 is 11.7 Å². The molecular weight excluding hydrogens is 268 g/mol. The Bertz CT molecular complexity index is 659. The first-order valence-electron chi connectivity index (χ1n) is 5.71. The van der Waals surface area contributed by atoms with Gasteiger partial charge in [-0.15, -0.1) is 0 Å². The minimum atomic E-state index is -1.36. The molecule has 6 heteroatoms. The number of phenols is 1. The molecule has 2 aromatic carbocycles. The van der Waals surface area contributed by atoms with Gasteiger partial charge in [-0.25, -0.2) is 13.6 Å². The lowest BCUT2D eigenvalue weighted by Gasteiger charge is -2.08. The van der Waals surface area contributed by atoms with Crippen molar-refractivity contribution in [2.24, 2.45) is 0 Å². The molecule has 0 spiro atoms. The zero-order valence-electron chi connectivity index (χ0n) is 10.2. The fourth-order valence-electron chi connectivity index (χ4n) is 1.66. The Morgan fingerprint density at radius 1 is 1.10 bits per heavy atom. The van der Waals surface area contributed by atoms with E-state index in [0.717, 1.165) is 18.2 Å². The van der Waals surface area contributed by atoms with E-state index in [-0.39, 0.29) is 6.54 Å². The molecule has 3 N–H and O–H groups in total. The van der Waals surface area contributed by atoms with Crippen molar-refractivity contribution in [3.63, 3.8) is 0 Å². The third kappa shape index (κ3) is 3.03. The predicted molar refractivity (Wildman–Crippen MR) is 68.8 cm³/mol. The van der Waals surface area contributed by atoms with E-state index in [1.165, 1.54) is 18.2 Å². The minimum Gasteiger partial charge on any atom is -0.505 e. The van der Waals surface area contributed by atoms with E-state index in [9.17, 15) is 13.6 Å². The fraction of sp³-hybridized carbons (Fsp3) is 0.0714. The maximum absolute atomic E-state index is 13.2. The summed E-state index contributed by atoms with van der Waals surface area (Å²) in [5, 5.41) is 20.7. The van der Waals surface area contributed by atoms with Crippen LogP contribution in [0.25, 0.3) is 0 Å². The van der Waals surface area contributed by atoms with Crippen LogP contribution in [-0.4, -0.2) is 16.2 Å². The average Bonchev–Trinajstić information content (AvgIpc) is 2.41. The van der Waals surface area contributed by atoms with Crippen LogP contribution in [0.3, 0.4) is 0 Å². The number of nitrogens with one attached hydrogen (secondary N) is 1. The van der Waals surface area contributed by atoms with Crippen LogP contribution >= 0.6 is 0 Å². The first-order valence-corrected chi connectivity index (χ1v) is 5.71. The second-order valence-electron chi connectivity index (χ2n) is 4.14. The van der Waals surface area contributed by atoms with Crippen LogP contribution in [0, 0.1) is 11.6 Å². The van der Waals surface area contributed by atoms with Crippen molar-refractivity contribution < 1.29 is 23.8 Å². The number of aromatic carboxylic acids is 1. The lowest BCUT2D eigenvalue weighted by Crippen LogP contribution is -2.04. The van der Waals surface area contributed by atoms with Gasteiger partial charge in [0, 0.05) is 12.2 Å². The fourth-order valence-corrected chi connectivity index (χ4v) is 1.66. The van der Waals surface area contributed by atoms with Gasteiger partial charge in [0.15, 0.2) is 11.6 Å². The molecule has 2 rings (SSSR count). The number of rotatable bonds is 4. The summed E-state index contributed by atoms with van der Waals surface area (Å²) < 4.78 is 26.3. The van der Waals surface area contributed by atoms with Gasteiger partial charge in [-0.1, -0.05) is 6.07 Å². The number of carbonyl (C=O) groups is 1. The molecule has 0 aliphatic heterocycles. The molecule has 0 aromatic heterocycles. The van der Waals surface area contributed by atoms with Crippen LogP contribution in [0.2, 0.25) is 0 Å². The lowest BCUT2D eigenvalue weighted by molar-refractivity contribution is 0.0692. The first-order chi connectivity index (χ1) is 9.47. The summed E-state index contributed by atoms with van der Waals surface area (Å²) >= 11 is 0. The third-order valence-electron chi connectivity index (χ3n) is 2.71. The van der Waals surface area contributed by atoms with Gasteiger partial charge >= 0.3 is 5.97 Å². The van der Waals surface area contributed by atoms with E-state index in [4.69, 9.17) is 10.2 Å². The van der Waals surface area contributed by atoms with E-state index in [1.54, 1.807) is 0 Å². The minimum absolute atomic E-state index is 0.210. The Kier molecular flexibility index (Phi) is 3.84. The van der Waals surface area contributed by atoms with Crippen LogP contribution in [0.1, 0.15) is 15.9 Å². The van der Waals surface area contributed by atoms with E-state index < -0.39 is 28.9 Å². The van der Waals surface area contributed by atoms with Crippen molar-refractivity contribution in [1.82, 2.24) is 0 Å². The highest BCUT2D eigenvalue weighted by Gasteiger charge is 2.10. The number of hydrogen-bond donors (Lipinski definition) is 3. The maximum Gasteiger partial charge on any atom is 0.338 e. The number of carboxylic acids is 1. The second kappa shape index (κ2) is 5.56. The summed E-state index contributed by atoms with van der Waals surface area (Å²) in [5.74, 6) is -3.36. The number of hydrogen-bond acceptors (Lipinski definition) is 3. The van der Waals surface area contributed by atoms with Gasteiger partial charge < -0.3 is 15.5 Å². The summed E-state index contributed by atoms with van der Waals surface area (Å²) in [6.45, 7) is 0.210. The van der Waals surface area contributed by atoms with Gasteiger partial charge in [0.05, 0.1) is 5.56 Å². The molecule has 104 valence electrons. The average molecular weight is 279 g/mol. The molecule has 0 aliphatic carbocycles. The quantitative estimate of drug-likeness (QED) is 0.804. The van der Waals surface area contributed by atoms with E-state index in [1.807, 2.05) is 0 Å². The standard InChI is InChI=1S/C14H11F2NO3/c15-11-3-2-9(6-10(11)14(19)20)17-7-8-1-4-13(18)12(16)5-8/h1-6,17-18H,7H2,(H,19,20). The molecule has 2 aromatic rings. The highest BCUT2D eigenvalue weighted by Crippen LogP contribution is 2.19. The van der Waals surface area contributed by atoms with Gasteiger partial charge in [-0.3, -0.25) is 0 Å². The van der Waals surface area contributed by atoms with Crippen molar-refractivity contribution in [2.45, 2.75) is 6.54 Å². The lowest BCUT2D eigenvalue weighted by atomic mass is 10.1. The number of carboxylic acid groups (broad SMARTS) is 1. The second-order valence-corrected chi connectivity index (χ2v) is 4.14. The van der Waals surface area contributed by atoms with Crippen molar-refractivity contribution in [2.75, 3.05) is 5.32 Å². The first kappa shape index (κ1) is 13.8. The molecule has 0 bridgehead atoms. The molecule has 0 atom stereocenters. The monoisotopic (exact) mass is 279 g/mol. The third-order valence-corrected chi connectivity index (χ3v) is 2.71. The molecule has 0 aliphatic rings. The predicted octanol–water partition coefficient (Wildman–Crippen LogP) is 2.98. The highest BCUT2D eigenvalue weighted by molar-refractivity contribution is 5.89. The molecule has 4 nitrogen and oxygen atoms in total. The molecule has 0 saturated heterocycles. The largest absolute Gasteiger partial charge is 0.505 e. The van der Waals surface area contributed by atoms with Crippen LogP contribution < -0.4 is 5.32 Å². The van der Waals surface area contributed by atoms with Gasteiger partial charge in [-0.05, 0) is 35.9 Å². The Hall–Kier alpha value is -2.63. The van der Waals surface area contributed by atoms with Crippen LogP contribution in [0.4, 0.5) is 14.5 Å². The van der Waals surface area contributed by atoms with Gasteiger partial charge in [0.1, 0.15) is 5.82 Å². The number of benzene rings is 2. The maximum atomic E-state index is 13.2. The Morgan fingerprint density at radius 3 is 2.50 bits per heavy atom. The molecule has 20 heavy (non-hydrogen) atoms. The van der Waals surface area contributed by atoms with Gasteiger partial charge in [-0.2, -0.15) is 0 Å². The molecule has 0 radical (unpaired) electrons. The number of anilines is 1. The zero-order valence-corrected chi connectivity index (χ0v) is 10.2. The highest BCUT2D eigenvalue weighted by atomic mass is 19.1. The number of aromatic hydroxyl groups is 1. The molecule has 0 amide bonds. The molecule has 0 unspecified atom stereocenters. The van der Waals surface area contributed by atoms with Gasteiger partial charge in [0.25, 0.3) is 0 Å². The van der Waals surface area contributed by atoms with Crippen LogP contribution in [0.15, 0.2) is 36.4 Å². The molecule has 0 fully saturated rings. The summed E-state index contributed by atoms with van der Waals surface area (Å²) in [6.07, 6.45) is 0.